The molecule has 1 fully saturated rings. The molecule has 106 valence electrons. The summed E-state index contributed by atoms with van der Waals surface area (Å²) >= 11 is 3.43. The van der Waals surface area contributed by atoms with Crippen LogP contribution < -0.4 is 5.32 Å². The Hall–Kier alpha value is -0.810. The maximum atomic E-state index is 12.2. The number of halogens is 1. The Morgan fingerprint density at radius 1 is 1.53 bits per heavy atom. The third-order valence-electron chi connectivity index (χ3n) is 3.39. The molecule has 1 aromatic rings. The zero-order valence-corrected chi connectivity index (χ0v) is 13.1. The van der Waals surface area contributed by atoms with Gasteiger partial charge in [0.1, 0.15) is 5.69 Å². The SMILES string of the molecule is CCCn1cc(Br)cc1C(=O)NC1CC(OCC)C1. The molecule has 0 saturated heterocycles. The first-order chi connectivity index (χ1) is 9.13. The van der Waals surface area contributed by atoms with Crippen molar-refractivity contribution in [3.63, 3.8) is 0 Å². The number of ether oxygens (including phenoxy) is 1. The van der Waals surface area contributed by atoms with Crippen molar-refractivity contribution in [2.24, 2.45) is 0 Å². The van der Waals surface area contributed by atoms with Gasteiger partial charge in [0.2, 0.25) is 0 Å². The molecule has 0 bridgehead atoms. The van der Waals surface area contributed by atoms with E-state index in [0.717, 1.165) is 42.6 Å². The number of rotatable bonds is 6. The number of aryl methyl sites for hydroxylation is 1. The average Bonchev–Trinajstić information content (AvgIpc) is 2.68. The topological polar surface area (TPSA) is 43.3 Å². The molecule has 1 heterocycles. The normalized spacial score (nSPS) is 22.1. The maximum Gasteiger partial charge on any atom is 0.268 e. The van der Waals surface area contributed by atoms with Gasteiger partial charge in [-0.05, 0) is 48.2 Å². The molecule has 0 radical (unpaired) electrons. The quantitative estimate of drug-likeness (QED) is 0.872. The molecule has 4 nitrogen and oxygen atoms in total. The summed E-state index contributed by atoms with van der Waals surface area (Å²) in [5.41, 5.74) is 0.730. The van der Waals surface area contributed by atoms with Gasteiger partial charge in [0, 0.05) is 29.9 Å². The highest BCUT2D eigenvalue weighted by molar-refractivity contribution is 9.10. The van der Waals surface area contributed by atoms with Gasteiger partial charge in [0.15, 0.2) is 0 Å². The second kappa shape index (κ2) is 6.57. The first-order valence-electron chi connectivity index (χ1n) is 6.92. The Morgan fingerprint density at radius 2 is 2.26 bits per heavy atom. The minimum absolute atomic E-state index is 0.0131. The van der Waals surface area contributed by atoms with Gasteiger partial charge in [-0.1, -0.05) is 6.92 Å². The molecular weight excluding hydrogens is 308 g/mol. The van der Waals surface area contributed by atoms with Crippen molar-refractivity contribution in [1.29, 1.82) is 0 Å². The van der Waals surface area contributed by atoms with E-state index >= 15 is 0 Å². The standard InChI is InChI=1S/C14H21BrN2O2/c1-3-5-17-9-10(15)6-13(17)14(18)16-11-7-12(8-11)19-4-2/h6,9,11-12H,3-5,7-8H2,1-2H3,(H,16,18). The first-order valence-corrected chi connectivity index (χ1v) is 7.71. The summed E-state index contributed by atoms with van der Waals surface area (Å²) in [5.74, 6) is 0.0131. The second-order valence-electron chi connectivity index (χ2n) is 4.96. The molecule has 1 aliphatic carbocycles. The number of aromatic nitrogens is 1. The summed E-state index contributed by atoms with van der Waals surface area (Å²) in [6, 6.07) is 2.14. The van der Waals surface area contributed by atoms with Crippen LogP contribution >= 0.6 is 15.9 Å². The third kappa shape index (κ3) is 3.60. The van der Waals surface area contributed by atoms with Crippen LogP contribution in [0.15, 0.2) is 16.7 Å². The monoisotopic (exact) mass is 328 g/mol. The molecular formula is C14H21BrN2O2. The van der Waals surface area contributed by atoms with Crippen LogP contribution in [0.25, 0.3) is 0 Å². The molecule has 1 saturated carbocycles. The smallest absolute Gasteiger partial charge is 0.268 e. The lowest BCUT2D eigenvalue weighted by Crippen LogP contribution is -2.48. The van der Waals surface area contributed by atoms with Crippen molar-refractivity contribution in [3.8, 4) is 0 Å². The van der Waals surface area contributed by atoms with Gasteiger partial charge in [-0.2, -0.15) is 0 Å². The Kier molecular flexibility index (Phi) is 5.05. The van der Waals surface area contributed by atoms with Crippen LogP contribution in [0.3, 0.4) is 0 Å². The Labute approximate surface area is 122 Å². The molecule has 19 heavy (non-hydrogen) atoms. The fourth-order valence-corrected chi connectivity index (χ4v) is 2.87. The number of nitrogens with one attached hydrogen (secondary N) is 1. The van der Waals surface area contributed by atoms with Crippen LogP contribution in [0.5, 0.6) is 0 Å². The highest BCUT2D eigenvalue weighted by Crippen LogP contribution is 2.24. The predicted octanol–water partition coefficient (Wildman–Crippen LogP) is 2.96. The highest BCUT2D eigenvalue weighted by Gasteiger charge is 2.31. The number of amides is 1. The molecule has 1 amide bonds. The summed E-state index contributed by atoms with van der Waals surface area (Å²) in [6.07, 6.45) is 5.15. The van der Waals surface area contributed by atoms with Gasteiger partial charge >= 0.3 is 0 Å². The van der Waals surface area contributed by atoms with Crippen LogP contribution in [0, 0.1) is 0 Å². The molecule has 2 rings (SSSR count). The van der Waals surface area contributed by atoms with E-state index in [1.54, 1.807) is 0 Å². The van der Waals surface area contributed by atoms with Crippen molar-refractivity contribution >= 4 is 21.8 Å². The van der Waals surface area contributed by atoms with E-state index in [4.69, 9.17) is 4.74 Å². The van der Waals surface area contributed by atoms with Crippen molar-refractivity contribution in [2.75, 3.05) is 6.61 Å². The molecule has 1 aliphatic rings. The molecule has 1 aromatic heterocycles. The van der Waals surface area contributed by atoms with Gasteiger partial charge in [0.05, 0.1) is 6.10 Å². The van der Waals surface area contributed by atoms with Crippen LogP contribution in [-0.4, -0.2) is 29.2 Å². The van der Waals surface area contributed by atoms with Crippen LogP contribution in [0.4, 0.5) is 0 Å². The zero-order valence-electron chi connectivity index (χ0n) is 11.5. The number of hydrogen-bond donors (Lipinski definition) is 1. The zero-order chi connectivity index (χ0) is 13.8. The van der Waals surface area contributed by atoms with E-state index in [9.17, 15) is 4.79 Å². The molecule has 0 aromatic carbocycles. The lowest BCUT2D eigenvalue weighted by molar-refractivity contribution is -0.00870. The van der Waals surface area contributed by atoms with Crippen molar-refractivity contribution in [1.82, 2.24) is 9.88 Å². The summed E-state index contributed by atoms with van der Waals surface area (Å²) in [7, 11) is 0. The Morgan fingerprint density at radius 3 is 2.89 bits per heavy atom. The summed E-state index contributed by atoms with van der Waals surface area (Å²) in [4.78, 5) is 12.2. The highest BCUT2D eigenvalue weighted by atomic mass is 79.9. The van der Waals surface area contributed by atoms with Gasteiger partial charge < -0.3 is 14.6 Å². The van der Waals surface area contributed by atoms with Gasteiger partial charge in [-0.3, -0.25) is 4.79 Å². The molecule has 0 spiro atoms. The van der Waals surface area contributed by atoms with Gasteiger partial charge in [-0.15, -0.1) is 0 Å². The van der Waals surface area contributed by atoms with E-state index < -0.39 is 0 Å². The van der Waals surface area contributed by atoms with E-state index in [0.29, 0.717) is 6.10 Å². The minimum atomic E-state index is 0.0131. The predicted molar refractivity (Wildman–Crippen MR) is 78.3 cm³/mol. The summed E-state index contributed by atoms with van der Waals surface area (Å²) in [6.45, 7) is 5.72. The Bertz CT molecular complexity index is 439. The van der Waals surface area contributed by atoms with Crippen molar-refractivity contribution in [3.05, 3.63) is 22.4 Å². The Balaban J connectivity index is 1.90. The number of carbonyl (C=O) groups excluding carboxylic acids is 1. The van der Waals surface area contributed by atoms with E-state index in [1.165, 1.54) is 0 Å². The van der Waals surface area contributed by atoms with Crippen molar-refractivity contribution < 1.29 is 9.53 Å². The molecule has 0 aliphatic heterocycles. The summed E-state index contributed by atoms with van der Waals surface area (Å²) in [5, 5.41) is 3.07. The number of hydrogen-bond acceptors (Lipinski definition) is 2. The first kappa shape index (κ1) is 14.6. The van der Waals surface area contributed by atoms with E-state index in [-0.39, 0.29) is 11.9 Å². The largest absolute Gasteiger partial charge is 0.378 e. The van der Waals surface area contributed by atoms with Crippen LogP contribution in [0.1, 0.15) is 43.6 Å². The second-order valence-corrected chi connectivity index (χ2v) is 5.87. The molecule has 1 N–H and O–H groups in total. The summed E-state index contributed by atoms with van der Waals surface area (Å²) < 4.78 is 8.45. The average molecular weight is 329 g/mol. The molecule has 0 unspecified atom stereocenters. The lowest BCUT2D eigenvalue weighted by Gasteiger charge is -2.35. The van der Waals surface area contributed by atoms with Crippen molar-refractivity contribution in [2.45, 2.75) is 51.8 Å². The minimum Gasteiger partial charge on any atom is -0.378 e. The van der Waals surface area contributed by atoms with E-state index in [2.05, 4.69) is 28.2 Å². The van der Waals surface area contributed by atoms with E-state index in [1.807, 2.05) is 23.8 Å². The van der Waals surface area contributed by atoms with Crippen LogP contribution in [-0.2, 0) is 11.3 Å². The lowest BCUT2D eigenvalue weighted by atomic mass is 9.89. The fourth-order valence-electron chi connectivity index (χ4n) is 2.41. The fraction of sp³-hybridized carbons (Fsp3) is 0.643. The van der Waals surface area contributed by atoms with Gasteiger partial charge in [-0.25, -0.2) is 0 Å². The molecule has 5 heteroatoms. The van der Waals surface area contributed by atoms with Crippen LogP contribution in [0.2, 0.25) is 0 Å². The maximum absolute atomic E-state index is 12.2. The number of nitrogens with zero attached hydrogens (tertiary/aromatic N) is 1. The number of carbonyl (C=O) groups is 1. The third-order valence-corrected chi connectivity index (χ3v) is 3.83. The molecule has 0 atom stereocenters. The van der Waals surface area contributed by atoms with Gasteiger partial charge in [0.25, 0.3) is 5.91 Å².